The molecule has 2 heterocycles. The van der Waals surface area contributed by atoms with Crippen molar-refractivity contribution in [3.8, 4) is 0 Å². The van der Waals surface area contributed by atoms with Crippen molar-refractivity contribution < 1.29 is 8.42 Å². The van der Waals surface area contributed by atoms with Crippen LogP contribution in [0.25, 0.3) is 0 Å². The zero-order valence-corrected chi connectivity index (χ0v) is 14.4. The Hall–Kier alpha value is -1.09. The van der Waals surface area contributed by atoms with E-state index in [1.165, 1.54) is 18.4 Å². The average molecular weight is 327 g/mol. The lowest BCUT2D eigenvalue weighted by atomic mass is 9.92. The summed E-state index contributed by atoms with van der Waals surface area (Å²) in [5.74, 6) is 1.44. The lowest BCUT2D eigenvalue weighted by Gasteiger charge is -2.24. The Labute approximate surface area is 132 Å². The van der Waals surface area contributed by atoms with E-state index in [0.717, 1.165) is 12.4 Å². The summed E-state index contributed by atoms with van der Waals surface area (Å²) in [4.78, 5) is 10.7. The number of nitrogens with one attached hydrogen (secondary N) is 1. The molecule has 8 heteroatoms. The van der Waals surface area contributed by atoms with Gasteiger partial charge in [-0.15, -0.1) is 0 Å². The normalized spacial score (nSPS) is 23.5. The molecule has 0 bridgehead atoms. The molecule has 0 spiro atoms. The van der Waals surface area contributed by atoms with Gasteiger partial charge in [-0.05, 0) is 17.9 Å². The molecule has 1 aliphatic heterocycles. The molecule has 1 aromatic heterocycles. The van der Waals surface area contributed by atoms with Crippen LogP contribution in [0.4, 0.5) is 0 Å². The largest absolute Gasteiger partial charge is 0.294 e. The third-order valence-electron chi connectivity index (χ3n) is 4.06. The second-order valence-electron chi connectivity index (χ2n) is 6.28. The molecule has 22 heavy (non-hydrogen) atoms. The molecular weight excluding hydrogens is 302 g/mol. The fraction of sp³-hybridized carbons (Fsp3) is 0.714. The second kappa shape index (κ2) is 6.99. The molecule has 124 valence electrons. The van der Waals surface area contributed by atoms with Gasteiger partial charge >= 0.3 is 0 Å². The van der Waals surface area contributed by atoms with Gasteiger partial charge in [-0.1, -0.05) is 13.8 Å². The summed E-state index contributed by atoms with van der Waals surface area (Å²) in [5.41, 5.74) is 0. The molecule has 1 fully saturated rings. The number of nitrogens with zero attached hydrogens (tertiary/aromatic N) is 4. The number of hydrogen-bond donors (Lipinski definition) is 1. The molecular formula is C14H25N5O2S. The molecule has 2 atom stereocenters. The molecule has 0 amide bonds. The third-order valence-corrected chi connectivity index (χ3v) is 5.62. The summed E-state index contributed by atoms with van der Waals surface area (Å²) >= 11 is 0. The van der Waals surface area contributed by atoms with Gasteiger partial charge in [-0.3, -0.25) is 4.90 Å². The third kappa shape index (κ3) is 4.22. The highest BCUT2D eigenvalue weighted by molar-refractivity contribution is 7.87. The molecule has 1 saturated heterocycles. The quantitative estimate of drug-likeness (QED) is 0.814. The van der Waals surface area contributed by atoms with Crippen LogP contribution in [-0.4, -0.2) is 60.8 Å². The summed E-state index contributed by atoms with van der Waals surface area (Å²) in [5, 5.41) is 0. The van der Waals surface area contributed by atoms with E-state index in [4.69, 9.17) is 0 Å². The second-order valence-corrected chi connectivity index (χ2v) is 8.19. The summed E-state index contributed by atoms with van der Waals surface area (Å²) in [7, 11) is -0.341. The lowest BCUT2D eigenvalue weighted by molar-refractivity contribution is 0.290. The minimum Gasteiger partial charge on any atom is -0.294 e. The van der Waals surface area contributed by atoms with Crippen molar-refractivity contribution in [1.29, 1.82) is 0 Å². The van der Waals surface area contributed by atoms with Crippen LogP contribution in [0.3, 0.4) is 0 Å². The standard InChI is InChI=1S/C14H25N5O2S/c1-11(2)12-8-19(10-14-15-6-5-7-16-14)9-13(12)17-22(20,21)18(3)4/h5-7,11-13,17H,8-10H2,1-4H3/t12-,13+/m0/s1. The van der Waals surface area contributed by atoms with E-state index in [1.807, 2.05) is 0 Å². The van der Waals surface area contributed by atoms with Crippen LogP contribution < -0.4 is 4.72 Å². The maximum atomic E-state index is 12.1. The van der Waals surface area contributed by atoms with Crippen LogP contribution >= 0.6 is 0 Å². The predicted octanol–water partition coefficient (Wildman–Crippen LogP) is 0.329. The number of hydrogen-bond acceptors (Lipinski definition) is 5. The highest BCUT2D eigenvalue weighted by atomic mass is 32.2. The van der Waals surface area contributed by atoms with Crippen LogP contribution in [0.5, 0.6) is 0 Å². The first-order valence-corrected chi connectivity index (χ1v) is 8.91. The minimum absolute atomic E-state index is 0.0869. The number of aromatic nitrogens is 2. The van der Waals surface area contributed by atoms with Gasteiger partial charge in [0, 0.05) is 45.6 Å². The van der Waals surface area contributed by atoms with E-state index < -0.39 is 10.2 Å². The van der Waals surface area contributed by atoms with Crippen LogP contribution in [-0.2, 0) is 16.8 Å². The number of rotatable bonds is 6. The van der Waals surface area contributed by atoms with Crippen molar-refractivity contribution in [3.05, 3.63) is 24.3 Å². The van der Waals surface area contributed by atoms with E-state index in [-0.39, 0.29) is 12.0 Å². The van der Waals surface area contributed by atoms with Gasteiger partial charge in [0.1, 0.15) is 5.82 Å². The molecule has 0 aliphatic carbocycles. The van der Waals surface area contributed by atoms with Gasteiger partial charge in [0.05, 0.1) is 6.54 Å². The first-order chi connectivity index (χ1) is 10.3. The fourth-order valence-electron chi connectivity index (χ4n) is 2.75. The molecule has 2 rings (SSSR count). The van der Waals surface area contributed by atoms with Crippen molar-refractivity contribution in [2.75, 3.05) is 27.2 Å². The van der Waals surface area contributed by atoms with E-state index in [2.05, 4.69) is 33.4 Å². The van der Waals surface area contributed by atoms with Gasteiger partial charge in [-0.25, -0.2) is 9.97 Å². The summed E-state index contributed by atoms with van der Waals surface area (Å²) in [6, 6.07) is 1.70. The first kappa shape index (κ1) is 17.3. The first-order valence-electron chi connectivity index (χ1n) is 7.47. The molecule has 0 radical (unpaired) electrons. The average Bonchev–Trinajstić information content (AvgIpc) is 2.81. The summed E-state index contributed by atoms with van der Waals surface area (Å²) < 4.78 is 28.2. The smallest absolute Gasteiger partial charge is 0.279 e. The Morgan fingerprint density at radius 2 is 1.95 bits per heavy atom. The van der Waals surface area contributed by atoms with Gasteiger partial charge < -0.3 is 0 Å². The molecule has 1 aromatic rings. The van der Waals surface area contributed by atoms with Crippen molar-refractivity contribution in [3.63, 3.8) is 0 Å². The fourth-order valence-corrected chi connectivity index (χ4v) is 3.59. The maximum absolute atomic E-state index is 12.1. The molecule has 7 nitrogen and oxygen atoms in total. The topological polar surface area (TPSA) is 78.4 Å². The van der Waals surface area contributed by atoms with Crippen LogP contribution in [0.2, 0.25) is 0 Å². The van der Waals surface area contributed by atoms with Crippen molar-refractivity contribution in [2.24, 2.45) is 11.8 Å². The maximum Gasteiger partial charge on any atom is 0.279 e. The Kier molecular flexibility index (Phi) is 5.49. The molecule has 0 saturated carbocycles. The molecule has 0 aromatic carbocycles. The Bertz CT molecular complexity index is 576. The molecule has 0 unspecified atom stereocenters. The molecule has 1 aliphatic rings. The number of likely N-dealkylation sites (tertiary alicyclic amines) is 1. The summed E-state index contributed by atoms with van der Waals surface area (Å²) in [6.45, 7) is 6.42. The zero-order chi connectivity index (χ0) is 16.3. The van der Waals surface area contributed by atoms with Gasteiger partial charge in [0.15, 0.2) is 0 Å². The van der Waals surface area contributed by atoms with E-state index >= 15 is 0 Å². The van der Waals surface area contributed by atoms with E-state index in [1.54, 1.807) is 18.5 Å². The monoisotopic (exact) mass is 327 g/mol. The van der Waals surface area contributed by atoms with E-state index in [9.17, 15) is 8.42 Å². The SMILES string of the molecule is CC(C)[C@@H]1CN(Cc2ncccn2)C[C@H]1NS(=O)(=O)N(C)C. The van der Waals surface area contributed by atoms with Crippen molar-refractivity contribution >= 4 is 10.2 Å². The van der Waals surface area contributed by atoms with Gasteiger partial charge in [0.2, 0.25) is 0 Å². The van der Waals surface area contributed by atoms with Crippen molar-refractivity contribution in [1.82, 2.24) is 23.9 Å². The van der Waals surface area contributed by atoms with Crippen LogP contribution in [0, 0.1) is 11.8 Å². The van der Waals surface area contributed by atoms with Crippen LogP contribution in [0.15, 0.2) is 18.5 Å². The van der Waals surface area contributed by atoms with Gasteiger partial charge in [-0.2, -0.15) is 17.4 Å². The Morgan fingerprint density at radius 3 is 2.50 bits per heavy atom. The minimum atomic E-state index is -3.42. The van der Waals surface area contributed by atoms with Crippen LogP contribution in [0.1, 0.15) is 19.7 Å². The lowest BCUT2D eigenvalue weighted by Crippen LogP contribution is -2.46. The van der Waals surface area contributed by atoms with Gasteiger partial charge in [0.25, 0.3) is 10.2 Å². The Balaban J connectivity index is 2.06. The van der Waals surface area contributed by atoms with E-state index in [0.29, 0.717) is 19.0 Å². The predicted molar refractivity (Wildman–Crippen MR) is 85.2 cm³/mol. The zero-order valence-electron chi connectivity index (χ0n) is 13.6. The highest BCUT2D eigenvalue weighted by Gasteiger charge is 2.37. The van der Waals surface area contributed by atoms with Crippen molar-refractivity contribution in [2.45, 2.75) is 26.4 Å². The Morgan fingerprint density at radius 1 is 1.32 bits per heavy atom. The molecule has 1 N–H and O–H groups in total. The highest BCUT2D eigenvalue weighted by Crippen LogP contribution is 2.26. The summed E-state index contributed by atoms with van der Waals surface area (Å²) in [6.07, 6.45) is 3.45.